The van der Waals surface area contributed by atoms with Gasteiger partial charge in [-0.1, -0.05) is 12.2 Å². The van der Waals surface area contributed by atoms with Gasteiger partial charge in [0.05, 0.1) is 6.10 Å². The summed E-state index contributed by atoms with van der Waals surface area (Å²) < 4.78 is 0. The minimum Gasteiger partial charge on any atom is -0.480 e. The van der Waals surface area contributed by atoms with Crippen molar-refractivity contribution in [3.05, 3.63) is 12.2 Å². The average Bonchev–Trinajstić information content (AvgIpc) is 2.73. The maximum Gasteiger partial charge on any atom is 0.326 e. The average molecular weight is 254 g/mol. The van der Waals surface area contributed by atoms with Crippen LogP contribution in [0.4, 0.5) is 4.79 Å². The topological polar surface area (TPSA) is 89.9 Å². The summed E-state index contributed by atoms with van der Waals surface area (Å²) in [7, 11) is 0. The van der Waals surface area contributed by atoms with E-state index in [0.717, 1.165) is 19.3 Å². The molecule has 0 aromatic carbocycles. The molecule has 100 valence electrons. The fraction of sp³-hybridized carbons (Fsp3) is 0.667. The number of aliphatic hydroxyl groups is 1. The Hall–Kier alpha value is -1.56. The van der Waals surface area contributed by atoms with Gasteiger partial charge in [0, 0.05) is 19.0 Å². The van der Waals surface area contributed by atoms with Crippen molar-refractivity contribution in [3.63, 3.8) is 0 Å². The number of carboxylic acids is 1. The molecule has 3 atom stereocenters. The van der Waals surface area contributed by atoms with Crippen LogP contribution < -0.4 is 5.32 Å². The van der Waals surface area contributed by atoms with E-state index in [1.807, 2.05) is 6.08 Å². The van der Waals surface area contributed by atoms with Crippen LogP contribution in [0.25, 0.3) is 0 Å². The van der Waals surface area contributed by atoms with Crippen molar-refractivity contribution in [2.24, 2.45) is 0 Å². The molecule has 6 nitrogen and oxygen atoms in total. The van der Waals surface area contributed by atoms with Crippen LogP contribution in [0.5, 0.6) is 0 Å². The van der Waals surface area contributed by atoms with Gasteiger partial charge in [-0.2, -0.15) is 0 Å². The summed E-state index contributed by atoms with van der Waals surface area (Å²) in [6, 6.07) is -1.24. The van der Waals surface area contributed by atoms with E-state index in [4.69, 9.17) is 5.11 Å². The van der Waals surface area contributed by atoms with Gasteiger partial charge < -0.3 is 20.4 Å². The highest BCUT2D eigenvalue weighted by molar-refractivity contribution is 5.83. The van der Waals surface area contributed by atoms with Crippen molar-refractivity contribution in [3.8, 4) is 0 Å². The molecule has 6 heteroatoms. The first kappa shape index (κ1) is 12.9. The van der Waals surface area contributed by atoms with E-state index in [2.05, 4.69) is 11.4 Å². The minimum absolute atomic E-state index is 0.0645. The second kappa shape index (κ2) is 5.39. The minimum atomic E-state index is -1.06. The van der Waals surface area contributed by atoms with Gasteiger partial charge >= 0.3 is 12.0 Å². The summed E-state index contributed by atoms with van der Waals surface area (Å²) in [5.74, 6) is -1.06. The first-order chi connectivity index (χ1) is 8.58. The molecule has 1 unspecified atom stereocenters. The largest absolute Gasteiger partial charge is 0.480 e. The Morgan fingerprint density at radius 1 is 1.33 bits per heavy atom. The number of aliphatic carboxylic acids is 1. The van der Waals surface area contributed by atoms with Gasteiger partial charge in [-0.05, 0) is 19.3 Å². The second-order valence-corrected chi connectivity index (χ2v) is 4.83. The maximum absolute atomic E-state index is 12.0. The number of hydrogen-bond donors (Lipinski definition) is 3. The third kappa shape index (κ3) is 2.81. The number of carbonyl (C=O) groups is 2. The predicted molar refractivity (Wildman–Crippen MR) is 64.1 cm³/mol. The quantitative estimate of drug-likeness (QED) is 0.619. The second-order valence-electron chi connectivity index (χ2n) is 4.83. The van der Waals surface area contributed by atoms with Crippen LogP contribution >= 0.6 is 0 Å². The Morgan fingerprint density at radius 3 is 2.72 bits per heavy atom. The normalized spacial score (nSPS) is 31.4. The van der Waals surface area contributed by atoms with Crippen molar-refractivity contribution in [2.45, 2.75) is 43.9 Å². The lowest BCUT2D eigenvalue weighted by Crippen LogP contribution is -2.49. The molecule has 0 aromatic rings. The number of amides is 2. The predicted octanol–water partition coefficient (Wildman–Crippen LogP) is 0.325. The summed E-state index contributed by atoms with van der Waals surface area (Å²) >= 11 is 0. The summed E-state index contributed by atoms with van der Waals surface area (Å²) in [6.45, 7) is 0.0887. The fourth-order valence-corrected chi connectivity index (χ4v) is 2.45. The molecule has 0 radical (unpaired) electrons. The number of carboxylic acid groups (broad SMARTS) is 1. The number of nitrogens with zero attached hydrogens (tertiary/aromatic N) is 1. The molecule has 1 aliphatic heterocycles. The molecule has 3 N–H and O–H groups in total. The zero-order valence-electron chi connectivity index (χ0n) is 10.1. The Labute approximate surface area is 105 Å². The van der Waals surface area contributed by atoms with E-state index >= 15 is 0 Å². The van der Waals surface area contributed by atoms with Gasteiger partial charge in [0.15, 0.2) is 0 Å². The maximum atomic E-state index is 12.0. The van der Waals surface area contributed by atoms with Crippen LogP contribution in [-0.4, -0.2) is 51.8 Å². The lowest BCUT2D eigenvalue weighted by atomic mass is 10.0. The molecule has 18 heavy (non-hydrogen) atoms. The molecule has 0 aromatic heterocycles. The number of likely N-dealkylation sites (tertiary alicyclic amines) is 1. The van der Waals surface area contributed by atoms with Crippen molar-refractivity contribution in [2.75, 3.05) is 6.54 Å². The van der Waals surface area contributed by atoms with Crippen molar-refractivity contribution >= 4 is 12.0 Å². The number of hydrogen-bond acceptors (Lipinski definition) is 3. The smallest absolute Gasteiger partial charge is 0.326 e. The molecule has 1 heterocycles. The van der Waals surface area contributed by atoms with Crippen LogP contribution in [0.15, 0.2) is 12.2 Å². The van der Waals surface area contributed by atoms with E-state index in [1.54, 1.807) is 0 Å². The summed E-state index contributed by atoms with van der Waals surface area (Å²) in [5, 5.41) is 21.3. The number of urea groups is 1. The lowest BCUT2D eigenvalue weighted by molar-refractivity contribution is -0.141. The number of allylic oxidation sites excluding steroid dienone is 1. The van der Waals surface area contributed by atoms with E-state index in [9.17, 15) is 14.7 Å². The van der Waals surface area contributed by atoms with Crippen LogP contribution in [-0.2, 0) is 4.79 Å². The fourth-order valence-electron chi connectivity index (χ4n) is 2.45. The number of β-amino-alcohol motifs (C(OH)–C–C–N with tert-alkyl or cyclic N) is 1. The standard InChI is InChI=1S/C12H18N2O4/c15-9-6-10(11(16)17)14(7-9)12(18)13-8-4-2-1-3-5-8/h1-2,8-10,15H,3-7H2,(H,13,18)(H,16,17)/t8?,9-,10-/m0/s1. The molecule has 2 aliphatic rings. The molecule has 1 saturated heterocycles. The van der Waals surface area contributed by atoms with Gasteiger partial charge in [0.2, 0.25) is 0 Å². The van der Waals surface area contributed by atoms with E-state index < -0.39 is 18.1 Å². The van der Waals surface area contributed by atoms with E-state index in [-0.39, 0.29) is 25.0 Å². The third-order valence-electron chi connectivity index (χ3n) is 3.42. The zero-order chi connectivity index (χ0) is 13.1. The van der Waals surface area contributed by atoms with E-state index in [0.29, 0.717) is 0 Å². The molecule has 0 bridgehead atoms. The molecule has 0 saturated carbocycles. The molecule has 2 amide bonds. The van der Waals surface area contributed by atoms with Crippen molar-refractivity contribution in [1.82, 2.24) is 10.2 Å². The molecule has 1 aliphatic carbocycles. The first-order valence-corrected chi connectivity index (χ1v) is 6.21. The van der Waals surface area contributed by atoms with Crippen LogP contribution in [0.2, 0.25) is 0 Å². The number of aliphatic hydroxyl groups excluding tert-OH is 1. The van der Waals surface area contributed by atoms with Crippen molar-refractivity contribution < 1.29 is 19.8 Å². The molecular formula is C12H18N2O4. The Bertz CT molecular complexity index is 369. The van der Waals surface area contributed by atoms with Crippen LogP contribution in [0.3, 0.4) is 0 Å². The number of rotatable bonds is 2. The van der Waals surface area contributed by atoms with Crippen molar-refractivity contribution in [1.29, 1.82) is 0 Å². The van der Waals surface area contributed by atoms with Gasteiger partial charge in [-0.3, -0.25) is 0 Å². The molecule has 2 rings (SSSR count). The van der Waals surface area contributed by atoms with Gasteiger partial charge in [-0.15, -0.1) is 0 Å². The SMILES string of the molecule is O=C(O)[C@@H]1C[C@H](O)CN1C(=O)NC1CC=CCC1. The van der Waals surface area contributed by atoms with E-state index in [1.165, 1.54) is 4.90 Å². The Morgan fingerprint density at radius 2 is 2.11 bits per heavy atom. The number of carbonyl (C=O) groups excluding carboxylic acids is 1. The molecule has 0 spiro atoms. The first-order valence-electron chi connectivity index (χ1n) is 6.21. The monoisotopic (exact) mass is 254 g/mol. The summed E-state index contributed by atoms with van der Waals surface area (Å²) in [4.78, 5) is 24.2. The van der Waals surface area contributed by atoms with Crippen LogP contribution in [0.1, 0.15) is 25.7 Å². The van der Waals surface area contributed by atoms with Crippen LogP contribution in [0, 0.1) is 0 Å². The van der Waals surface area contributed by atoms with Gasteiger partial charge in [0.25, 0.3) is 0 Å². The Kier molecular flexibility index (Phi) is 3.86. The highest BCUT2D eigenvalue weighted by Crippen LogP contribution is 2.19. The molecule has 1 fully saturated rings. The summed E-state index contributed by atoms with van der Waals surface area (Å²) in [5.41, 5.74) is 0. The zero-order valence-corrected chi connectivity index (χ0v) is 10.1. The highest BCUT2D eigenvalue weighted by Gasteiger charge is 2.39. The van der Waals surface area contributed by atoms with Gasteiger partial charge in [-0.25, -0.2) is 9.59 Å². The number of nitrogens with one attached hydrogen (secondary N) is 1. The summed E-state index contributed by atoms with van der Waals surface area (Å²) in [6.07, 6.45) is 6.02. The highest BCUT2D eigenvalue weighted by atomic mass is 16.4. The lowest BCUT2D eigenvalue weighted by Gasteiger charge is -2.26. The third-order valence-corrected chi connectivity index (χ3v) is 3.42. The van der Waals surface area contributed by atoms with Gasteiger partial charge in [0.1, 0.15) is 6.04 Å². The Balaban J connectivity index is 1.95. The molecular weight excluding hydrogens is 236 g/mol.